The minimum absolute atomic E-state index is 0.251. The molecule has 0 bridgehead atoms. The lowest BCUT2D eigenvalue weighted by Gasteiger charge is -2.22. The van der Waals surface area contributed by atoms with E-state index in [4.69, 9.17) is 5.11 Å². The number of aliphatic carboxylic acids is 1. The Morgan fingerprint density at radius 2 is 2.37 bits per heavy atom. The number of aromatic nitrogens is 2. The Bertz CT molecular complexity index is 446. The summed E-state index contributed by atoms with van der Waals surface area (Å²) >= 11 is 0. The van der Waals surface area contributed by atoms with Crippen LogP contribution in [-0.2, 0) is 11.3 Å². The number of carbonyl (C=O) groups excluding carboxylic acids is 1. The van der Waals surface area contributed by atoms with Crippen LogP contribution in [0.5, 0.6) is 0 Å². The summed E-state index contributed by atoms with van der Waals surface area (Å²) in [6.45, 7) is 0.437. The highest BCUT2D eigenvalue weighted by Crippen LogP contribution is 2.25. The molecule has 104 valence electrons. The molecule has 3 N–H and O–H groups in total. The van der Waals surface area contributed by atoms with E-state index in [1.807, 2.05) is 0 Å². The summed E-state index contributed by atoms with van der Waals surface area (Å²) in [6.07, 6.45) is 5.57. The highest BCUT2D eigenvalue weighted by molar-refractivity contribution is 5.77. The maximum Gasteiger partial charge on any atom is 0.317 e. The molecule has 1 aromatic rings. The summed E-state index contributed by atoms with van der Waals surface area (Å²) in [4.78, 5) is 24.5. The highest BCUT2D eigenvalue weighted by atomic mass is 16.4. The monoisotopic (exact) mass is 266 g/mol. The van der Waals surface area contributed by atoms with Gasteiger partial charge in [0.15, 0.2) is 0 Å². The van der Waals surface area contributed by atoms with Gasteiger partial charge in [0.1, 0.15) is 0 Å². The number of urea groups is 1. The van der Waals surface area contributed by atoms with Crippen molar-refractivity contribution >= 4 is 12.0 Å². The van der Waals surface area contributed by atoms with Gasteiger partial charge in [0.05, 0.1) is 18.7 Å². The highest BCUT2D eigenvalue weighted by Gasteiger charge is 2.34. The number of hydrogen-bond acceptors (Lipinski definition) is 3. The van der Waals surface area contributed by atoms with Gasteiger partial charge in [-0.2, -0.15) is 5.10 Å². The average Bonchev–Trinajstić information content (AvgIpc) is 2.99. The van der Waals surface area contributed by atoms with Crippen LogP contribution < -0.4 is 5.32 Å². The Morgan fingerprint density at radius 1 is 1.58 bits per heavy atom. The first-order chi connectivity index (χ1) is 9.08. The number of carboxylic acids is 1. The molecular weight excluding hydrogens is 248 g/mol. The molecule has 1 saturated carbocycles. The van der Waals surface area contributed by atoms with E-state index in [1.54, 1.807) is 19.4 Å². The topological polar surface area (TPSA) is 98.3 Å². The summed E-state index contributed by atoms with van der Waals surface area (Å²) in [7, 11) is 1.67. The summed E-state index contributed by atoms with van der Waals surface area (Å²) in [5.74, 6) is -1.30. The minimum Gasteiger partial charge on any atom is -0.481 e. The van der Waals surface area contributed by atoms with Gasteiger partial charge < -0.3 is 15.3 Å². The molecule has 2 atom stereocenters. The molecular formula is C12H18N4O3. The van der Waals surface area contributed by atoms with E-state index in [1.165, 1.54) is 4.90 Å². The zero-order valence-electron chi connectivity index (χ0n) is 10.8. The van der Waals surface area contributed by atoms with Crippen LogP contribution in [0.3, 0.4) is 0 Å². The zero-order valence-corrected chi connectivity index (χ0v) is 10.8. The van der Waals surface area contributed by atoms with Crippen molar-refractivity contribution < 1.29 is 14.7 Å². The van der Waals surface area contributed by atoms with Crippen LogP contribution >= 0.6 is 0 Å². The van der Waals surface area contributed by atoms with Gasteiger partial charge >= 0.3 is 12.0 Å². The van der Waals surface area contributed by atoms with E-state index in [2.05, 4.69) is 15.5 Å². The van der Waals surface area contributed by atoms with Gasteiger partial charge in [-0.1, -0.05) is 6.42 Å². The predicted octanol–water partition coefficient (Wildman–Crippen LogP) is 0.804. The van der Waals surface area contributed by atoms with E-state index < -0.39 is 11.9 Å². The molecule has 1 fully saturated rings. The lowest BCUT2D eigenvalue weighted by Crippen LogP contribution is -2.45. The molecule has 1 aliphatic carbocycles. The Kier molecular flexibility index (Phi) is 4.03. The fourth-order valence-electron chi connectivity index (χ4n) is 2.41. The molecule has 0 aromatic carbocycles. The summed E-state index contributed by atoms with van der Waals surface area (Å²) < 4.78 is 0. The van der Waals surface area contributed by atoms with Gasteiger partial charge in [-0.05, 0) is 12.8 Å². The van der Waals surface area contributed by atoms with Crippen molar-refractivity contribution in [3.8, 4) is 0 Å². The molecule has 19 heavy (non-hydrogen) atoms. The number of amides is 2. The quantitative estimate of drug-likeness (QED) is 0.750. The number of aromatic amines is 1. The third-order valence-corrected chi connectivity index (χ3v) is 3.46. The number of rotatable bonds is 4. The van der Waals surface area contributed by atoms with Crippen LogP contribution in [0, 0.1) is 5.92 Å². The molecule has 0 radical (unpaired) electrons. The number of nitrogens with one attached hydrogen (secondary N) is 2. The van der Waals surface area contributed by atoms with Crippen molar-refractivity contribution in [1.82, 2.24) is 20.4 Å². The van der Waals surface area contributed by atoms with E-state index >= 15 is 0 Å². The van der Waals surface area contributed by atoms with Crippen LogP contribution in [-0.4, -0.2) is 45.3 Å². The van der Waals surface area contributed by atoms with Crippen LogP contribution in [0.2, 0.25) is 0 Å². The van der Waals surface area contributed by atoms with Crippen molar-refractivity contribution in [3.05, 3.63) is 18.0 Å². The number of hydrogen-bond donors (Lipinski definition) is 3. The maximum absolute atomic E-state index is 12.0. The van der Waals surface area contributed by atoms with Gasteiger partial charge in [-0.15, -0.1) is 0 Å². The van der Waals surface area contributed by atoms with Gasteiger partial charge in [0.25, 0.3) is 0 Å². The second-order valence-electron chi connectivity index (χ2n) is 4.89. The van der Waals surface area contributed by atoms with Gasteiger partial charge in [-0.3, -0.25) is 9.89 Å². The molecule has 0 spiro atoms. The second-order valence-corrected chi connectivity index (χ2v) is 4.89. The average molecular weight is 266 g/mol. The first-order valence-electron chi connectivity index (χ1n) is 6.30. The molecule has 7 nitrogen and oxygen atoms in total. The number of H-pyrrole nitrogens is 1. The first-order valence-corrected chi connectivity index (χ1v) is 6.30. The van der Waals surface area contributed by atoms with E-state index in [0.29, 0.717) is 13.0 Å². The number of nitrogens with zero attached hydrogens (tertiary/aromatic N) is 2. The molecule has 0 aliphatic heterocycles. The minimum atomic E-state index is -0.833. The van der Waals surface area contributed by atoms with Crippen LogP contribution in [0.4, 0.5) is 4.79 Å². The number of carboxylic acid groups (broad SMARTS) is 1. The van der Waals surface area contributed by atoms with Crippen LogP contribution in [0.1, 0.15) is 24.8 Å². The van der Waals surface area contributed by atoms with Crippen LogP contribution in [0.25, 0.3) is 0 Å². The van der Waals surface area contributed by atoms with E-state index in [-0.39, 0.29) is 12.1 Å². The van der Waals surface area contributed by atoms with E-state index in [0.717, 1.165) is 18.4 Å². The second kappa shape index (κ2) is 5.73. The molecule has 1 heterocycles. The standard InChI is InChI=1S/C12H18N4O3/c1-16(7-8-5-13-14-6-8)12(19)15-10-4-2-3-9(10)11(17)18/h5-6,9-10H,2-4,7H2,1H3,(H,13,14)(H,15,19)(H,17,18). The maximum atomic E-state index is 12.0. The lowest BCUT2D eigenvalue weighted by atomic mass is 10.0. The summed E-state index contributed by atoms with van der Waals surface area (Å²) in [5, 5.41) is 18.4. The Hall–Kier alpha value is -2.05. The molecule has 2 amide bonds. The molecule has 2 rings (SSSR count). The van der Waals surface area contributed by atoms with Gasteiger partial charge in [0, 0.05) is 24.8 Å². The van der Waals surface area contributed by atoms with Gasteiger partial charge in [-0.25, -0.2) is 4.79 Å². The van der Waals surface area contributed by atoms with Crippen molar-refractivity contribution in [2.75, 3.05) is 7.05 Å². The summed E-state index contributed by atoms with van der Waals surface area (Å²) in [5.41, 5.74) is 0.902. The SMILES string of the molecule is CN(Cc1cn[nH]c1)C(=O)NC1CCCC1C(=O)O. The van der Waals surface area contributed by atoms with Crippen molar-refractivity contribution in [2.45, 2.75) is 31.8 Å². The van der Waals surface area contributed by atoms with Crippen molar-refractivity contribution in [1.29, 1.82) is 0 Å². The number of carbonyl (C=O) groups is 2. The fourth-order valence-corrected chi connectivity index (χ4v) is 2.41. The molecule has 1 aromatic heterocycles. The van der Waals surface area contributed by atoms with E-state index in [9.17, 15) is 9.59 Å². The lowest BCUT2D eigenvalue weighted by molar-refractivity contribution is -0.142. The molecule has 0 saturated heterocycles. The largest absolute Gasteiger partial charge is 0.481 e. The summed E-state index contributed by atoms with van der Waals surface area (Å²) in [6, 6.07) is -0.517. The van der Waals surface area contributed by atoms with Gasteiger partial charge in [0.2, 0.25) is 0 Å². The fraction of sp³-hybridized carbons (Fsp3) is 0.583. The first kappa shape index (κ1) is 13.4. The van der Waals surface area contributed by atoms with Crippen LogP contribution in [0.15, 0.2) is 12.4 Å². The molecule has 7 heteroatoms. The Labute approximate surface area is 111 Å². The third kappa shape index (κ3) is 3.24. The zero-order chi connectivity index (χ0) is 13.8. The molecule has 1 aliphatic rings. The predicted molar refractivity (Wildman–Crippen MR) is 67.4 cm³/mol. The van der Waals surface area contributed by atoms with Crippen molar-refractivity contribution in [2.24, 2.45) is 5.92 Å². The Morgan fingerprint density at radius 3 is 3.00 bits per heavy atom. The smallest absolute Gasteiger partial charge is 0.317 e. The van der Waals surface area contributed by atoms with Crippen molar-refractivity contribution in [3.63, 3.8) is 0 Å². The Balaban J connectivity index is 1.88. The molecule has 2 unspecified atom stereocenters. The third-order valence-electron chi connectivity index (χ3n) is 3.46. The normalized spacial score (nSPS) is 22.2.